The Hall–Kier alpha value is -1.55. The van der Waals surface area contributed by atoms with Gasteiger partial charge in [0, 0.05) is 22.9 Å². The van der Waals surface area contributed by atoms with E-state index < -0.39 is 0 Å². The van der Waals surface area contributed by atoms with Crippen molar-refractivity contribution < 1.29 is 0 Å². The number of hydrogen-bond acceptors (Lipinski definition) is 4. The van der Waals surface area contributed by atoms with Gasteiger partial charge in [0.05, 0.1) is 0 Å². The first kappa shape index (κ1) is 14.4. The van der Waals surface area contributed by atoms with E-state index in [1.807, 2.05) is 0 Å². The van der Waals surface area contributed by atoms with E-state index in [1.165, 1.54) is 23.3 Å². The number of benzene rings is 1. The SMILES string of the molecule is CCNc1nc(C2CC2)nc(Sc2cccc(C)c2)c1C. The molecule has 0 atom stereocenters. The molecule has 1 heterocycles. The summed E-state index contributed by atoms with van der Waals surface area (Å²) in [5, 5.41) is 4.45. The number of nitrogens with zero attached hydrogens (tertiary/aromatic N) is 2. The largest absolute Gasteiger partial charge is 0.370 e. The van der Waals surface area contributed by atoms with Crippen LogP contribution in [0.1, 0.15) is 42.6 Å². The van der Waals surface area contributed by atoms with Gasteiger partial charge in [-0.15, -0.1) is 0 Å². The normalized spacial score (nSPS) is 14.2. The van der Waals surface area contributed by atoms with Crippen molar-refractivity contribution in [1.29, 1.82) is 0 Å². The Labute approximate surface area is 130 Å². The molecule has 2 aromatic rings. The fourth-order valence-electron chi connectivity index (χ4n) is 2.27. The first-order valence-corrected chi connectivity index (χ1v) is 8.36. The first-order chi connectivity index (χ1) is 10.2. The zero-order valence-electron chi connectivity index (χ0n) is 12.8. The lowest BCUT2D eigenvalue weighted by Gasteiger charge is -2.13. The number of aryl methyl sites for hydroxylation is 1. The quantitative estimate of drug-likeness (QED) is 0.822. The summed E-state index contributed by atoms with van der Waals surface area (Å²) in [4.78, 5) is 10.8. The molecular formula is C17H21N3S. The highest BCUT2D eigenvalue weighted by Crippen LogP contribution is 2.41. The molecule has 1 aromatic carbocycles. The van der Waals surface area contributed by atoms with Gasteiger partial charge in [0.25, 0.3) is 0 Å². The lowest BCUT2D eigenvalue weighted by molar-refractivity contribution is 0.861. The van der Waals surface area contributed by atoms with Crippen LogP contribution < -0.4 is 5.32 Å². The molecule has 0 saturated heterocycles. The molecule has 1 aliphatic carbocycles. The Bertz CT molecular complexity index is 650. The fraction of sp³-hybridized carbons (Fsp3) is 0.412. The highest BCUT2D eigenvalue weighted by Gasteiger charge is 2.28. The smallest absolute Gasteiger partial charge is 0.135 e. The van der Waals surface area contributed by atoms with Crippen LogP contribution in [0.3, 0.4) is 0 Å². The molecule has 0 unspecified atom stereocenters. The Morgan fingerprint density at radius 1 is 1.24 bits per heavy atom. The first-order valence-electron chi connectivity index (χ1n) is 7.54. The zero-order chi connectivity index (χ0) is 14.8. The van der Waals surface area contributed by atoms with Gasteiger partial charge in [0.2, 0.25) is 0 Å². The van der Waals surface area contributed by atoms with Crippen molar-refractivity contribution in [2.75, 3.05) is 11.9 Å². The number of rotatable bonds is 5. The number of aromatic nitrogens is 2. The third-order valence-electron chi connectivity index (χ3n) is 3.61. The van der Waals surface area contributed by atoms with E-state index in [0.29, 0.717) is 5.92 Å². The standard InChI is InChI=1S/C17H21N3S/c1-4-18-15-12(3)17(20-16(19-15)13-8-9-13)21-14-7-5-6-11(2)10-14/h5-7,10,13H,4,8-9H2,1-3H3,(H,18,19,20). The summed E-state index contributed by atoms with van der Waals surface area (Å²) >= 11 is 1.74. The van der Waals surface area contributed by atoms with Crippen molar-refractivity contribution in [2.45, 2.75) is 49.5 Å². The van der Waals surface area contributed by atoms with E-state index in [2.05, 4.69) is 50.4 Å². The van der Waals surface area contributed by atoms with Crippen LogP contribution in [-0.4, -0.2) is 16.5 Å². The van der Waals surface area contributed by atoms with Crippen LogP contribution >= 0.6 is 11.8 Å². The van der Waals surface area contributed by atoms with E-state index in [9.17, 15) is 0 Å². The average Bonchev–Trinajstić information content (AvgIpc) is 3.28. The van der Waals surface area contributed by atoms with Crippen LogP contribution in [0.5, 0.6) is 0 Å². The van der Waals surface area contributed by atoms with Crippen molar-refractivity contribution in [3.63, 3.8) is 0 Å². The molecule has 0 spiro atoms. The zero-order valence-corrected chi connectivity index (χ0v) is 13.6. The van der Waals surface area contributed by atoms with Gasteiger partial charge in [-0.25, -0.2) is 9.97 Å². The van der Waals surface area contributed by atoms with Crippen LogP contribution in [-0.2, 0) is 0 Å². The molecule has 1 aliphatic rings. The van der Waals surface area contributed by atoms with Crippen molar-refractivity contribution in [3.8, 4) is 0 Å². The monoisotopic (exact) mass is 299 g/mol. The van der Waals surface area contributed by atoms with E-state index >= 15 is 0 Å². The van der Waals surface area contributed by atoms with Gasteiger partial charge in [-0.1, -0.05) is 29.5 Å². The molecule has 0 amide bonds. The highest BCUT2D eigenvalue weighted by molar-refractivity contribution is 7.99. The molecule has 0 aliphatic heterocycles. The maximum atomic E-state index is 4.81. The van der Waals surface area contributed by atoms with E-state index in [0.717, 1.165) is 28.8 Å². The molecule has 110 valence electrons. The van der Waals surface area contributed by atoms with Gasteiger partial charge in [0.1, 0.15) is 16.7 Å². The average molecular weight is 299 g/mol. The molecule has 1 N–H and O–H groups in total. The molecule has 3 rings (SSSR count). The lowest BCUT2D eigenvalue weighted by Crippen LogP contribution is -2.07. The summed E-state index contributed by atoms with van der Waals surface area (Å²) in [7, 11) is 0. The lowest BCUT2D eigenvalue weighted by atomic mass is 10.2. The summed E-state index contributed by atoms with van der Waals surface area (Å²) in [6.07, 6.45) is 2.45. The number of hydrogen-bond donors (Lipinski definition) is 1. The van der Waals surface area contributed by atoms with E-state index in [1.54, 1.807) is 11.8 Å². The van der Waals surface area contributed by atoms with Gasteiger partial charge in [-0.3, -0.25) is 0 Å². The third kappa shape index (κ3) is 3.38. The second-order valence-corrected chi connectivity index (χ2v) is 6.65. The molecule has 3 nitrogen and oxygen atoms in total. The van der Waals surface area contributed by atoms with Gasteiger partial charge >= 0.3 is 0 Å². The van der Waals surface area contributed by atoms with Gasteiger partial charge in [0.15, 0.2) is 0 Å². The molecule has 0 bridgehead atoms. The van der Waals surface area contributed by atoms with Crippen molar-refractivity contribution in [1.82, 2.24) is 9.97 Å². The molecular weight excluding hydrogens is 278 g/mol. The summed E-state index contributed by atoms with van der Waals surface area (Å²) in [6, 6.07) is 8.57. The van der Waals surface area contributed by atoms with Crippen molar-refractivity contribution in [2.24, 2.45) is 0 Å². The van der Waals surface area contributed by atoms with Crippen molar-refractivity contribution in [3.05, 3.63) is 41.2 Å². The minimum absolute atomic E-state index is 0.569. The number of anilines is 1. The third-order valence-corrected chi connectivity index (χ3v) is 4.69. The summed E-state index contributed by atoms with van der Waals surface area (Å²) in [6.45, 7) is 7.21. The fourth-order valence-corrected chi connectivity index (χ4v) is 3.27. The number of nitrogens with one attached hydrogen (secondary N) is 1. The Morgan fingerprint density at radius 3 is 2.71 bits per heavy atom. The van der Waals surface area contributed by atoms with Crippen LogP contribution in [0.15, 0.2) is 34.2 Å². The summed E-state index contributed by atoms with van der Waals surface area (Å²) < 4.78 is 0. The Morgan fingerprint density at radius 2 is 2.05 bits per heavy atom. The van der Waals surface area contributed by atoms with Crippen LogP contribution in [0.2, 0.25) is 0 Å². The minimum Gasteiger partial charge on any atom is -0.370 e. The molecule has 4 heteroatoms. The molecule has 1 fully saturated rings. The second-order valence-electron chi connectivity index (χ2n) is 5.58. The van der Waals surface area contributed by atoms with Crippen molar-refractivity contribution >= 4 is 17.6 Å². The van der Waals surface area contributed by atoms with Gasteiger partial charge in [-0.05, 0) is 45.7 Å². The summed E-state index contributed by atoms with van der Waals surface area (Å²) in [5.41, 5.74) is 2.42. The maximum Gasteiger partial charge on any atom is 0.135 e. The molecule has 0 radical (unpaired) electrons. The topological polar surface area (TPSA) is 37.8 Å². The minimum atomic E-state index is 0.569. The summed E-state index contributed by atoms with van der Waals surface area (Å²) in [5.74, 6) is 2.57. The van der Waals surface area contributed by atoms with Gasteiger partial charge in [-0.2, -0.15) is 0 Å². The molecule has 1 aromatic heterocycles. The Balaban J connectivity index is 1.95. The highest BCUT2D eigenvalue weighted by atomic mass is 32.2. The second kappa shape index (κ2) is 6.06. The van der Waals surface area contributed by atoms with Crippen LogP contribution in [0, 0.1) is 13.8 Å². The molecule has 1 saturated carbocycles. The Kier molecular flexibility index (Phi) is 4.15. The van der Waals surface area contributed by atoms with E-state index in [-0.39, 0.29) is 0 Å². The maximum absolute atomic E-state index is 4.81. The van der Waals surface area contributed by atoms with E-state index in [4.69, 9.17) is 9.97 Å². The van der Waals surface area contributed by atoms with Crippen LogP contribution in [0.4, 0.5) is 5.82 Å². The van der Waals surface area contributed by atoms with Crippen LogP contribution in [0.25, 0.3) is 0 Å². The van der Waals surface area contributed by atoms with Gasteiger partial charge < -0.3 is 5.32 Å². The molecule has 21 heavy (non-hydrogen) atoms. The predicted octanol–water partition coefficient (Wildman–Crippen LogP) is 4.55. The predicted molar refractivity (Wildman–Crippen MR) is 88.2 cm³/mol.